The molecule has 1 saturated heterocycles. The molecule has 0 aromatic rings. The molecule has 1 heterocycles. The number of methoxy groups -OCH3 is 1. The Bertz CT molecular complexity index is 500. The average Bonchev–Trinajstić information content (AvgIpc) is 2.35. The number of amides is 2. The summed E-state index contributed by atoms with van der Waals surface area (Å²) in [5.74, 6) is -2.33. The molecule has 108 valence electrons. The number of hydrogen-bond donors (Lipinski definition) is 1. The predicted octanol–water partition coefficient (Wildman–Crippen LogP) is -1.39. The summed E-state index contributed by atoms with van der Waals surface area (Å²) in [6.45, 7) is 2.30. The number of piperazine rings is 1. The lowest BCUT2D eigenvalue weighted by Gasteiger charge is -2.33. The summed E-state index contributed by atoms with van der Waals surface area (Å²) in [4.78, 5) is 34.2. The highest BCUT2D eigenvalue weighted by Gasteiger charge is 2.44. The lowest BCUT2D eigenvalue weighted by Crippen LogP contribution is -2.61. The van der Waals surface area contributed by atoms with Gasteiger partial charge in [0.25, 0.3) is 0 Å². The second kappa shape index (κ2) is 5.66. The molecule has 8 nitrogen and oxygen atoms in total. The van der Waals surface area contributed by atoms with E-state index in [0.29, 0.717) is 0 Å². The van der Waals surface area contributed by atoms with E-state index in [2.05, 4.69) is 10.1 Å². The third kappa shape index (κ3) is 2.92. The highest BCUT2D eigenvalue weighted by molar-refractivity contribution is 7.90. The molecule has 2 atom stereocenters. The Morgan fingerprint density at radius 3 is 2.58 bits per heavy atom. The van der Waals surface area contributed by atoms with E-state index in [9.17, 15) is 22.8 Å². The van der Waals surface area contributed by atoms with Gasteiger partial charge in [0.15, 0.2) is 5.25 Å². The van der Waals surface area contributed by atoms with E-state index in [0.717, 1.165) is 18.3 Å². The largest absolute Gasteiger partial charge is 0.468 e. The molecule has 0 saturated carbocycles. The number of rotatable bonds is 4. The van der Waals surface area contributed by atoms with Crippen molar-refractivity contribution in [1.82, 2.24) is 9.62 Å². The molecule has 1 fully saturated rings. The molecule has 19 heavy (non-hydrogen) atoms. The van der Waals surface area contributed by atoms with E-state index in [1.165, 1.54) is 0 Å². The van der Waals surface area contributed by atoms with Crippen LogP contribution in [0.5, 0.6) is 0 Å². The first-order chi connectivity index (χ1) is 8.75. The third-order valence-electron chi connectivity index (χ3n) is 2.91. The van der Waals surface area contributed by atoms with Crippen molar-refractivity contribution in [2.75, 3.05) is 13.7 Å². The summed E-state index contributed by atoms with van der Waals surface area (Å²) in [5, 5.41) is 0.597. The lowest BCUT2D eigenvalue weighted by atomic mass is 10.2. The van der Waals surface area contributed by atoms with Gasteiger partial charge in [-0.3, -0.25) is 19.7 Å². The number of hydrogen-bond acceptors (Lipinski definition) is 6. The quantitative estimate of drug-likeness (QED) is 0.505. The van der Waals surface area contributed by atoms with Crippen LogP contribution in [0.4, 0.5) is 0 Å². The van der Waals surface area contributed by atoms with Crippen molar-refractivity contribution in [1.29, 1.82) is 0 Å². The van der Waals surface area contributed by atoms with E-state index in [4.69, 9.17) is 0 Å². The fourth-order valence-electron chi connectivity index (χ4n) is 1.79. The van der Waals surface area contributed by atoms with Crippen LogP contribution in [0.1, 0.15) is 20.3 Å². The Labute approximate surface area is 111 Å². The van der Waals surface area contributed by atoms with Crippen LogP contribution in [0.15, 0.2) is 0 Å². The summed E-state index contributed by atoms with van der Waals surface area (Å²) in [6.07, 6.45) is 0.201. The Balaban J connectivity index is 3.13. The van der Waals surface area contributed by atoms with Gasteiger partial charge in [-0.25, -0.2) is 8.42 Å². The van der Waals surface area contributed by atoms with Gasteiger partial charge >= 0.3 is 5.97 Å². The maximum Gasteiger partial charge on any atom is 0.325 e. The second-order valence-corrected chi connectivity index (χ2v) is 6.30. The van der Waals surface area contributed by atoms with Crippen molar-refractivity contribution in [2.24, 2.45) is 0 Å². The van der Waals surface area contributed by atoms with Crippen molar-refractivity contribution in [3.63, 3.8) is 0 Å². The van der Waals surface area contributed by atoms with Crippen LogP contribution in [0.2, 0.25) is 0 Å². The standard InChI is InChI=1S/C10H16N2O6S/c1-4-7-9(14)11-8(13)5-12(7)19(16,17)6(2)10(15)18-3/h6-7H,4-5H2,1-3H3,(H,11,13,14). The summed E-state index contributed by atoms with van der Waals surface area (Å²) in [7, 11) is -3.05. The van der Waals surface area contributed by atoms with Gasteiger partial charge in [-0.1, -0.05) is 6.92 Å². The zero-order valence-electron chi connectivity index (χ0n) is 10.9. The van der Waals surface area contributed by atoms with Gasteiger partial charge in [-0.05, 0) is 13.3 Å². The SMILES string of the molecule is CCC1C(=O)NC(=O)CN1S(=O)(=O)C(C)C(=O)OC. The number of ether oxygens (including phenoxy) is 1. The molecule has 1 aliphatic heterocycles. The minimum Gasteiger partial charge on any atom is -0.468 e. The van der Waals surface area contributed by atoms with E-state index in [1.54, 1.807) is 6.92 Å². The van der Waals surface area contributed by atoms with Crippen LogP contribution in [-0.2, 0) is 29.1 Å². The normalized spacial score (nSPS) is 22.8. The average molecular weight is 292 g/mol. The maximum atomic E-state index is 12.2. The van der Waals surface area contributed by atoms with Crippen LogP contribution in [0, 0.1) is 0 Å². The number of nitrogens with one attached hydrogen (secondary N) is 1. The summed E-state index contributed by atoms with van der Waals surface area (Å²) in [6, 6.07) is -0.991. The highest BCUT2D eigenvalue weighted by atomic mass is 32.2. The first-order valence-electron chi connectivity index (χ1n) is 5.67. The molecule has 9 heteroatoms. The molecule has 0 aliphatic carbocycles. The molecule has 2 unspecified atom stereocenters. The molecule has 0 aromatic carbocycles. The topological polar surface area (TPSA) is 110 Å². The van der Waals surface area contributed by atoms with Crippen LogP contribution in [0.25, 0.3) is 0 Å². The van der Waals surface area contributed by atoms with Crippen LogP contribution in [-0.4, -0.2) is 55.5 Å². The van der Waals surface area contributed by atoms with Gasteiger partial charge in [0.1, 0.15) is 6.04 Å². The summed E-state index contributed by atoms with van der Waals surface area (Å²) < 4.78 is 29.6. The van der Waals surface area contributed by atoms with E-state index < -0.39 is 45.6 Å². The Morgan fingerprint density at radius 1 is 1.53 bits per heavy atom. The van der Waals surface area contributed by atoms with Crippen LogP contribution >= 0.6 is 0 Å². The summed E-state index contributed by atoms with van der Waals surface area (Å²) in [5.41, 5.74) is 0. The van der Waals surface area contributed by atoms with Crippen LogP contribution in [0.3, 0.4) is 0 Å². The fraction of sp³-hybridized carbons (Fsp3) is 0.700. The van der Waals surface area contributed by atoms with Gasteiger partial charge in [0.2, 0.25) is 21.8 Å². The van der Waals surface area contributed by atoms with Crippen molar-refractivity contribution in [3.05, 3.63) is 0 Å². The molecule has 1 aliphatic rings. The van der Waals surface area contributed by atoms with E-state index in [-0.39, 0.29) is 6.42 Å². The monoisotopic (exact) mass is 292 g/mol. The van der Waals surface area contributed by atoms with Crippen molar-refractivity contribution in [3.8, 4) is 0 Å². The number of carbonyl (C=O) groups is 3. The predicted molar refractivity (Wildman–Crippen MR) is 64.3 cm³/mol. The van der Waals surface area contributed by atoms with Gasteiger partial charge in [-0.2, -0.15) is 4.31 Å². The maximum absolute atomic E-state index is 12.2. The first kappa shape index (κ1) is 15.6. The molecule has 1 N–H and O–H groups in total. The number of esters is 1. The van der Waals surface area contributed by atoms with Crippen molar-refractivity contribution >= 4 is 27.8 Å². The fourth-order valence-corrected chi connectivity index (χ4v) is 3.43. The van der Waals surface area contributed by atoms with Gasteiger partial charge in [-0.15, -0.1) is 0 Å². The smallest absolute Gasteiger partial charge is 0.325 e. The third-order valence-corrected chi connectivity index (χ3v) is 5.03. The molecular formula is C10H16N2O6S. The number of carbonyl (C=O) groups excluding carboxylic acids is 3. The summed E-state index contributed by atoms with van der Waals surface area (Å²) >= 11 is 0. The van der Waals surface area contributed by atoms with Crippen molar-refractivity contribution < 1.29 is 27.5 Å². The minimum absolute atomic E-state index is 0.201. The van der Waals surface area contributed by atoms with Gasteiger partial charge in [0.05, 0.1) is 13.7 Å². The van der Waals surface area contributed by atoms with E-state index in [1.807, 2.05) is 0 Å². The highest BCUT2D eigenvalue weighted by Crippen LogP contribution is 2.18. The Hall–Kier alpha value is -1.48. The first-order valence-corrected chi connectivity index (χ1v) is 7.18. The molecule has 0 spiro atoms. The molecule has 0 radical (unpaired) electrons. The van der Waals surface area contributed by atoms with Crippen LogP contribution < -0.4 is 5.32 Å². The van der Waals surface area contributed by atoms with Crippen molar-refractivity contribution in [2.45, 2.75) is 31.6 Å². The number of imide groups is 1. The number of nitrogens with zero attached hydrogens (tertiary/aromatic N) is 1. The molecular weight excluding hydrogens is 276 g/mol. The van der Waals surface area contributed by atoms with E-state index >= 15 is 0 Å². The zero-order valence-corrected chi connectivity index (χ0v) is 11.7. The Kier molecular flexibility index (Phi) is 4.64. The lowest BCUT2D eigenvalue weighted by molar-refractivity contribution is -0.141. The number of sulfonamides is 1. The van der Waals surface area contributed by atoms with Gasteiger partial charge in [0, 0.05) is 0 Å². The molecule has 1 rings (SSSR count). The zero-order chi connectivity index (χ0) is 14.8. The second-order valence-electron chi connectivity index (χ2n) is 4.09. The Morgan fingerprint density at radius 2 is 2.11 bits per heavy atom. The minimum atomic E-state index is -4.12. The molecule has 0 aromatic heterocycles. The van der Waals surface area contributed by atoms with Gasteiger partial charge < -0.3 is 4.74 Å². The molecule has 2 amide bonds. The molecule has 0 bridgehead atoms.